The van der Waals surface area contributed by atoms with Crippen molar-refractivity contribution in [1.82, 2.24) is 24.5 Å². The van der Waals surface area contributed by atoms with Gasteiger partial charge in [-0.2, -0.15) is 19.0 Å². The highest BCUT2D eigenvalue weighted by atomic mass is 35.5. The van der Waals surface area contributed by atoms with Crippen LogP contribution < -0.4 is 16.2 Å². The minimum Gasteiger partial charge on any atom is -0.397 e. The van der Waals surface area contributed by atoms with Crippen molar-refractivity contribution in [3.05, 3.63) is 87.0 Å². The number of anilines is 2. The van der Waals surface area contributed by atoms with Crippen molar-refractivity contribution in [2.45, 2.75) is 50.0 Å². The number of halogens is 7. The minimum absolute atomic E-state index is 0.0467. The van der Waals surface area contributed by atoms with Gasteiger partial charge in [0.15, 0.2) is 5.82 Å². The average Bonchev–Trinajstić information content (AvgIpc) is 3.55. The number of carbonyl (C=O) groups excluding carboxylic acids is 1. The number of nitrogen functional groups attached to an aromatic ring is 1. The molecular formula is C33H29ClF6N8O3S. The molecule has 52 heavy (non-hydrogen) atoms. The lowest BCUT2D eigenvalue weighted by Gasteiger charge is -2.30. The van der Waals surface area contributed by atoms with E-state index in [-0.39, 0.29) is 67.5 Å². The number of aryl methyl sites for hydroxylation is 2. The van der Waals surface area contributed by atoms with Gasteiger partial charge in [0, 0.05) is 41.6 Å². The van der Waals surface area contributed by atoms with E-state index in [9.17, 15) is 30.8 Å². The Morgan fingerprint density at radius 3 is 2.38 bits per heavy atom. The zero-order valence-electron chi connectivity index (χ0n) is 27.4. The lowest BCUT2D eigenvalue weighted by molar-refractivity contribution is -0.122. The lowest BCUT2D eigenvalue weighted by atomic mass is 9.83. The van der Waals surface area contributed by atoms with Gasteiger partial charge in [0.25, 0.3) is 12.3 Å². The highest BCUT2D eigenvalue weighted by molar-refractivity contribution is 7.92. The number of primary amides is 1. The van der Waals surface area contributed by atoms with Crippen molar-refractivity contribution in [2.24, 2.45) is 18.7 Å². The summed E-state index contributed by atoms with van der Waals surface area (Å²) in [5.41, 5.74) is 11.0. The van der Waals surface area contributed by atoms with Gasteiger partial charge in [-0.3, -0.25) is 19.2 Å². The molecule has 1 saturated carbocycles. The molecule has 0 spiro atoms. The Morgan fingerprint density at radius 1 is 1.10 bits per heavy atom. The number of aromatic nitrogens is 5. The first-order valence-electron chi connectivity index (χ1n) is 15.7. The summed E-state index contributed by atoms with van der Waals surface area (Å²) >= 11 is 6.55. The van der Waals surface area contributed by atoms with Crippen LogP contribution in [-0.2, 0) is 34.2 Å². The van der Waals surface area contributed by atoms with Crippen LogP contribution in [-0.4, -0.2) is 45.1 Å². The van der Waals surface area contributed by atoms with Crippen LogP contribution in [0.5, 0.6) is 0 Å². The van der Waals surface area contributed by atoms with Crippen LogP contribution in [0, 0.1) is 24.5 Å². The molecule has 3 aromatic heterocycles. The second kappa shape index (κ2) is 12.1. The second-order valence-electron chi connectivity index (χ2n) is 13.2. The number of amides is 1. The SMILES string of the molecule is Cc1nc([C@@H](Cc2cc(F)cc(F)c2)C(C(N)=O)n2nc(C(F)F)c3c2C(F)(F)[C@@H]2C[C@H]32)c(-c2ccc(Cl)c3c(NS(C)(=O)=O)nn(C)c23)cc1N. The van der Waals surface area contributed by atoms with Gasteiger partial charge in [-0.05, 0) is 55.5 Å². The molecule has 1 fully saturated rings. The topological polar surface area (TPSA) is 164 Å². The number of alkyl halides is 4. The van der Waals surface area contributed by atoms with E-state index in [1.54, 1.807) is 0 Å². The molecule has 5 N–H and O–H groups in total. The number of nitrogens with one attached hydrogen (secondary N) is 1. The quantitative estimate of drug-likeness (QED) is 0.142. The Kier molecular flexibility index (Phi) is 8.28. The lowest BCUT2D eigenvalue weighted by Crippen LogP contribution is -2.37. The summed E-state index contributed by atoms with van der Waals surface area (Å²) in [5, 5.41) is 8.41. The van der Waals surface area contributed by atoms with E-state index in [1.165, 1.54) is 36.9 Å². The summed E-state index contributed by atoms with van der Waals surface area (Å²) < 4.78 is 118. The highest BCUT2D eigenvalue weighted by Crippen LogP contribution is 2.68. The average molecular weight is 767 g/mol. The van der Waals surface area contributed by atoms with Crippen LogP contribution in [0.3, 0.4) is 0 Å². The third-order valence-electron chi connectivity index (χ3n) is 9.58. The van der Waals surface area contributed by atoms with Crippen molar-refractivity contribution >= 4 is 49.9 Å². The number of hydrogen-bond acceptors (Lipinski definition) is 7. The number of carbonyl (C=O) groups is 1. The second-order valence-corrected chi connectivity index (χ2v) is 15.3. The zero-order chi connectivity index (χ0) is 37.8. The number of benzene rings is 2. The van der Waals surface area contributed by atoms with Crippen molar-refractivity contribution in [3.8, 4) is 11.1 Å². The fraction of sp³-hybridized carbons (Fsp3) is 0.333. The van der Waals surface area contributed by atoms with E-state index in [0.717, 1.165) is 18.4 Å². The molecule has 0 aliphatic heterocycles. The third-order valence-corrected chi connectivity index (χ3v) is 10.5. The van der Waals surface area contributed by atoms with Crippen molar-refractivity contribution in [2.75, 3.05) is 16.7 Å². The maximum Gasteiger partial charge on any atom is 0.293 e. The van der Waals surface area contributed by atoms with Crippen LogP contribution in [0.2, 0.25) is 5.02 Å². The predicted molar refractivity (Wildman–Crippen MR) is 180 cm³/mol. The summed E-state index contributed by atoms with van der Waals surface area (Å²) in [6.07, 6.45) is -2.89. The van der Waals surface area contributed by atoms with Crippen LogP contribution in [0.4, 0.5) is 37.8 Å². The summed E-state index contributed by atoms with van der Waals surface area (Å²) in [6.45, 7) is 1.51. The van der Waals surface area contributed by atoms with Crippen molar-refractivity contribution in [3.63, 3.8) is 0 Å². The van der Waals surface area contributed by atoms with Gasteiger partial charge in [0.1, 0.15) is 29.1 Å². The van der Waals surface area contributed by atoms with E-state index in [0.29, 0.717) is 10.7 Å². The zero-order valence-corrected chi connectivity index (χ0v) is 29.0. The first-order valence-corrected chi connectivity index (χ1v) is 18.0. The number of nitrogens with two attached hydrogens (primary N) is 2. The molecule has 4 atom stereocenters. The molecule has 11 nitrogen and oxygen atoms in total. The van der Waals surface area contributed by atoms with Crippen molar-refractivity contribution < 1.29 is 39.6 Å². The summed E-state index contributed by atoms with van der Waals surface area (Å²) in [5.74, 6) is -10.7. The molecule has 5 aromatic rings. The Hall–Kier alpha value is -4.84. The molecule has 2 aliphatic rings. The predicted octanol–water partition coefficient (Wildman–Crippen LogP) is 6.22. The first-order chi connectivity index (χ1) is 24.3. The minimum atomic E-state index is -3.85. The molecule has 274 valence electrons. The van der Waals surface area contributed by atoms with Gasteiger partial charge in [0.05, 0.1) is 39.3 Å². The van der Waals surface area contributed by atoms with Crippen LogP contribution in [0.1, 0.15) is 64.6 Å². The van der Waals surface area contributed by atoms with E-state index in [2.05, 4.69) is 19.9 Å². The molecule has 3 heterocycles. The number of hydrogen-bond donors (Lipinski definition) is 3. The number of sulfonamides is 1. The molecule has 2 aromatic carbocycles. The Labute approximate surface area is 297 Å². The van der Waals surface area contributed by atoms with Crippen LogP contribution in [0.25, 0.3) is 22.0 Å². The number of nitrogens with zero attached hydrogens (tertiary/aromatic N) is 5. The third kappa shape index (κ3) is 5.81. The van der Waals surface area contributed by atoms with E-state index < -0.39 is 81.5 Å². The smallest absolute Gasteiger partial charge is 0.293 e. The number of pyridine rings is 1. The molecule has 7 rings (SSSR count). The summed E-state index contributed by atoms with van der Waals surface area (Å²) in [7, 11) is -2.36. The van der Waals surface area contributed by atoms with E-state index >= 15 is 8.78 Å². The number of fused-ring (bicyclic) bond motifs is 4. The Balaban J connectivity index is 1.53. The maximum absolute atomic E-state index is 15.9. The molecular weight excluding hydrogens is 738 g/mol. The van der Waals surface area contributed by atoms with E-state index in [4.69, 9.17) is 23.1 Å². The van der Waals surface area contributed by atoms with Gasteiger partial charge in [-0.25, -0.2) is 30.7 Å². The van der Waals surface area contributed by atoms with Crippen molar-refractivity contribution in [1.29, 1.82) is 0 Å². The summed E-state index contributed by atoms with van der Waals surface area (Å²) in [4.78, 5) is 18.3. The first kappa shape index (κ1) is 35.6. The maximum atomic E-state index is 15.9. The van der Waals surface area contributed by atoms with Crippen LogP contribution in [0.15, 0.2) is 36.4 Å². The molecule has 0 saturated heterocycles. The Bertz CT molecular complexity index is 2420. The van der Waals surface area contributed by atoms with Gasteiger partial charge >= 0.3 is 0 Å². The largest absolute Gasteiger partial charge is 0.397 e. The van der Waals surface area contributed by atoms with Gasteiger partial charge < -0.3 is 11.5 Å². The molecule has 1 amide bonds. The standard InChI is InChI=1S/C33H29ClF6N8O3S/c1-12-22(41)11-17(16-4-5-21(34)24-27(16)47(2)45-32(24)46-52(3,50)51)25(43-12)19(8-13-6-14(35)9-15(36)7-13)28(31(42)49)48-29-23(26(44-48)30(37)38)18-10-20(18)33(29,39)40/h4-7,9,11,18-20,28,30H,8,10,41H2,1-3H3,(H2,42,49)(H,45,46)/t18-,19+,20+,28?/m0/s1. The molecule has 0 bridgehead atoms. The van der Waals surface area contributed by atoms with Gasteiger partial charge in [0.2, 0.25) is 15.9 Å². The normalized spacial score (nSPS) is 18.8. The van der Waals surface area contributed by atoms with Gasteiger partial charge in [-0.1, -0.05) is 17.7 Å². The van der Waals surface area contributed by atoms with Gasteiger partial charge in [-0.15, -0.1) is 0 Å². The molecule has 0 radical (unpaired) electrons. The highest BCUT2D eigenvalue weighted by Gasteiger charge is 2.67. The fourth-order valence-electron chi connectivity index (χ4n) is 7.43. The molecule has 2 aliphatic carbocycles. The fourth-order valence-corrected chi connectivity index (χ4v) is 8.16. The molecule has 1 unspecified atom stereocenters. The van der Waals surface area contributed by atoms with E-state index in [1.807, 2.05) is 0 Å². The number of rotatable bonds is 10. The van der Waals surface area contributed by atoms with Crippen LogP contribution >= 0.6 is 11.6 Å². The molecule has 19 heteroatoms. The monoisotopic (exact) mass is 766 g/mol. The summed E-state index contributed by atoms with van der Waals surface area (Å²) in [6, 6.07) is 4.98. The Morgan fingerprint density at radius 2 is 1.77 bits per heavy atom.